The van der Waals surface area contributed by atoms with E-state index in [1.54, 1.807) is 28.8 Å². The fourth-order valence-corrected chi connectivity index (χ4v) is 6.52. The van der Waals surface area contributed by atoms with Crippen molar-refractivity contribution in [1.82, 2.24) is 14.6 Å². The molecule has 10 heteroatoms. The first-order chi connectivity index (χ1) is 13.9. The van der Waals surface area contributed by atoms with E-state index in [4.69, 9.17) is 4.42 Å². The van der Waals surface area contributed by atoms with Crippen molar-refractivity contribution in [2.45, 2.75) is 30.5 Å². The maximum atomic E-state index is 12.6. The summed E-state index contributed by atoms with van der Waals surface area (Å²) in [7, 11) is -3.44. The number of rotatable bonds is 6. The first-order valence-corrected chi connectivity index (χ1v) is 12.5. The Hall–Kier alpha value is -2.01. The fourth-order valence-electron chi connectivity index (χ4n) is 3.30. The molecule has 0 atom stereocenters. The van der Waals surface area contributed by atoms with E-state index in [1.807, 2.05) is 24.4 Å². The molecule has 0 spiro atoms. The van der Waals surface area contributed by atoms with Crippen LogP contribution in [-0.4, -0.2) is 36.7 Å². The zero-order valence-corrected chi connectivity index (χ0v) is 18.3. The van der Waals surface area contributed by atoms with Crippen molar-refractivity contribution in [1.29, 1.82) is 0 Å². The molecule has 1 saturated heterocycles. The lowest BCUT2D eigenvalue weighted by Crippen LogP contribution is -2.42. The van der Waals surface area contributed by atoms with Crippen LogP contribution in [-0.2, 0) is 21.4 Å². The molecule has 0 radical (unpaired) electrons. The lowest BCUT2D eigenvalue weighted by molar-refractivity contribution is -0.126. The van der Waals surface area contributed by atoms with E-state index in [0.29, 0.717) is 48.2 Å². The number of piperidine rings is 1. The smallest absolute Gasteiger partial charge is 0.252 e. The van der Waals surface area contributed by atoms with Crippen LogP contribution in [0.15, 0.2) is 43.7 Å². The van der Waals surface area contributed by atoms with Crippen LogP contribution in [0, 0.1) is 12.8 Å². The van der Waals surface area contributed by atoms with Gasteiger partial charge in [-0.1, -0.05) is 6.07 Å². The number of thiazole rings is 1. The summed E-state index contributed by atoms with van der Waals surface area (Å²) in [5.74, 6) is 1.09. The molecule has 4 heterocycles. The Morgan fingerprint density at radius 3 is 2.72 bits per heavy atom. The molecule has 1 amide bonds. The Balaban J connectivity index is 1.29. The Bertz CT molecular complexity index is 1080. The van der Waals surface area contributed by atoms with Gasteiger partial charge in [0.25, 0.3) is 10.0 Å². The highest BCUT2D eigenvalue weighted by atomic mass is 32.2. The van der Waals surface area contributed by atoms with Gasteiger partial charge in [-0.15, -0.1) is 22.7 Å². The molecule has 1 aliphatic heterocycles. The number of aromatic nitrogens is 1. The maximum Gasteiger partial charge on any atom is 0.252 e. The molecule has 4 rings (SSSR count). The van der Waals surface area contributed by atoms with E-state index in [1.165, 1.54) is 15.6 Å². The molecule has 1 aliphatic rings. The van der Waals surface area contributed by atoms with E-state index < -0.39 is 10.0 Å². The van der Waals surface area contributed by atoms with E-state index in [-0.39, 0.29) is 11.8 Å². The summed E-state index contributed by atoms with van der Waals surface area (Å²) in [5.41, 5.74) is 0.796. The Morgan fingerprint density at radius 1 is 1.28 bits per heavy atom. The van der Waals surface area contributed by atoms with Gasteiger partial charge in [-0.05, 0) is 43.3 Å². The van der Waals surface area contributed by atoms with Crippen LogP contribution >= 0.6 is 22.7 Å². The molecule has 0 aromatic carbocycles. The second kappa shape index (κ2) is 8.39. The summed E-state index contributed by atoms with van der Waals surface area (Å²) in [6.45, 7) is 2.95. The SMILES string of the molecule is Cc1nc(-c2ccc(CNC(=O)C3CCN(S(=O)(=O)c4cccs4)CC3)o2)cs1. The van der Waals surface area contributed by atoms with Gasteiger partial charge in [0.1, 0.15) is 15.7 Å². The number of hydrogen-bond donors (Lipinski definition) is 1. The first kappa shape index (κ1) is 20.3. The number of thiophene rings is 1. The topological polar surface area (TPSA) is 92.5 Å². The predicted octanol–water partition coefficient (Wildman–Crippen LogP) is 3.49. The van der Waals surface area contributed by atoms with Gasteiger partial charge >= 0.3 is 0 Å². The summed E-state index contributed by atoms with van der Waals surface area (Å²) < 4.78 is 32.7. The number of carbonyl (C=O) groups is 1. The monoisotopic (exact) mass is 451 g/mol. The van der Waals surface area contributed by atoms with E-state index in [0.717, 1.165) is 10.7 Å². The summed E-state index contributed by atoms with van der Waals surface area (Å²) in [6.07, 6.45) is 1.02. The van der Waals surface area contributed by atoms with E-state index >= 15 is 0 Å². The number of sulfonamides is 1. The van der Waals surface area contributed by atoms with Crippen molar-refractivity contribution in [2.75, 3.05) is 13.1 Å². The molecule has 3 aromatic heterocycles. The number of nitrogens with one attached hydrogen (secondary N) is 1. The number of amides is 1. The van der Waals surface area contributed by atoms with Gasteiger partial charge in [-0.25, -0.2) is 13.4 Å². The molecule has 3 aromatic rings. The van der Waals surface area contributed by atoms with Gasteiger partial charge in [0.15, 0.2) is 5.76 Å². The third-order valence-corrected chi connectivity index (χ3v) is 8.93. The lowest BCUT2D eigenvalue weighted by atomic mass is 9.97. The highest BCUT2D eigenvalue weighted by molar-refractivity contribution is 7.91. The largest absolute Gasteiger partial charge is 0.458 e. The summed E-state index contributed by atoms with van der Waals surface area (Å²) in [5, 5.41) is 7.57. The number of carbonyl (C=O) groups excluding carboxylic acids is 1. The van der Waals surface area contributed by atoms with Crippen molar-refractivity contribution in [3.8, 4) is 11.5 Å². The average molecular weight is 452 g/mol. The third-order valence-electron chi connectivity index (χ3n) is 4.88. The molecule has 1 fully saturated rings. The molecular weight excluding hydrogens is 430 g/mol. The molecule has 0 aliphatic carbocycles. The summed E-state index contributed by atoms with van der Waals surface area (Å²) >= 11 is 2.77. The quantitative estimate of drug-likeness (QED) is 0.619. The average Bonchev–Trinajstić information content (AvgIpc) is 3.47. The molecule has 1 N–H and O–H groups in total. The molecule has 0 bridgehead atoms. The fraction of sp³-hybridized carbons (Fsp3) is 0.368. The second-order valence-corrected chi connectivity index (χ2v) is 11.0. The van der Waals surface area contributed by atoms with Crippen LogP contribution in [0.4, 0.5) is 0 Å². The van der Waals surface area contributed by atoms with Gasteiger partial charge in [-0.2, -0.15) is 4.31 Å². The Labute approximate surface area is 177 Å². The highest BCUT2D eigenvalue weighted by Crippen LogP contribution is 2.27. The molecular formula is C19H21N3O4S3. The molecule has 154 valence electrons. The Kier molecular flexibility index (Phi) is 5.86. The van der Waals surface area contributed by atoms with Crippen LogP contribution in [0.5, 0.6) is 0 Å². The standard InChI is InChI=1S/C19H21N3O4S3/c1-13-21-16(12-28-13)17-5-4-15(26-17)11-20-19(23)14-6-8-22(9-7-14)29(24,25)18-3-2-10-27-18/h2-5,10,12,14H,6-9,11H2,1H3,(H,20,23). The number of nitrogens with zero attached hydrogens (tertiary/aromatic N) is 2. The minimum absolute atomic E-state index is 0.0689. The van der Waals surface area contributed by atoms with Crippen LogP contribution in [0.25, 0.3) is 11.5 Å². The second-order valence-electron chi connectivity index (χ2n) is 6.85. The summed E-state index contributed by atoms with van der Waals surface area (Å²) in [6, 6.07) is 7.03. The molecule has 29 heavy (non-hydrogen) atoms. The normalized spacial score (nSPS) is 16.2. The van der Waals surface area contributed by atoms with E-state index in [2.05, 4.69) is 10.3 Å². The zero-order chi connectivity index (χ0) is 20.4. The minimum atomic E-state index is -3.44. The van der Waals surface area contributed by atoms with Gasteiger partial charge in [-0.3, -0.25) is 4.79 Å². The van der Waals surface area contributed by atoms with Gasteiger partial charge < -0.3 is 9.73 Å². The van der Waals surface area contributed by atoms with Crippen LogP contribution in [0.2, 0.25) is 0 Å². The molecule has 0 unspecified atom stereocenters. The van der Waals surface area contributed by atoms with Gasteiger partial charge in [0, 0.05) is 24.4 Å². The maximum absolute atomic E-state index is 12.6. The number of aryl methyl sites for hydroxylation is 1. The first-order valence-electron chi connectivity index (χ1n) is 9.26. The van der Waals surface area contributed by atoms with Gasteiger partial charge in [0.05, 0.1) is 11.6 Å². The number of furan rings is 1. The van der Waals surface area contributed by atoms with Crippen LogP contribution in [0.1, 0.15) is 23.6 Å². The van der Waals surface area contributed by atoms with Crippen LogP contribution < -0.4 is 5.32 Å². The highest BCUT2D eigenvalue weighted by Gasteiger charge is 2.32. The van der Waals surface area contributed by atoms with Crippen molar-refractivity contribution < 1.29 is 17.6 Å². The number of hydrogen-bond acceptors (Lipinski definition) is 7. The zero-order valence-electron chi connectivity index (χ0n) is 15.8. The Morgan fingerprint density at radius 2 is 2.07 bits per heavy atom. The third kappa shape index (κ3) is 4.45. The summed E-state index contributed by atoms with van der Waals surface area (Å²) in [4.78, 5) is 16.9. The minimum Gasteiger partial charge on any atom is -0.458 e. The molecule has 7 nitrogen and oxygen atoms in total. The van der Waals surface area contributed by atoms with E-state index in [9.17, 15) is 13.2 Å². The van der Waals surface area contributed by atoms with Crippen LogP contribution in [0.3, 0.4) is 0 Å². The van der Waals surface area contributed by atoms with Crippen molar-refractivity contribution >= 4 is 38.6 Å². The van der Waals surface area contributed by atoms with Gasteiger partial charge in [0.2, 0.25) is 5.91 Å². The van der Waals surface area contributed by atoms with Crippen molar-refractivity contribution in [3.63, 3.8) is 0 Å². The van der Waals surface area contributed by atoms with Crippen molar-refractivity contribution in [2.24, 2.45) is 5.92 Å². The van der Waals surface area contributed by atoms with Crippen molar-refractivity contribution in [3.05, 3.63) is 45.8 Å². The molecule has 0 saturated carbocycles. The lowest BCUT2D eigenvalue weighted by Gasteiger charge is -2.30. The predicted molar refractivity (Wildman–Crippen MR) is 112 cm³/mol.